The van der Waals surface area contributed by atoms with Gasteiger partial charge in [0.2, 0.25) is 0 Å². The molecule has 0 radical (unpaired) electrons. The highest BCUT2D eigenvalue weighted by atomic mass is 127. The molecule has 0 aromatic heterocycles. The van der Waals surface area contributed by atoms with E-state index in [4.69, 9.17) is 5.73 Å². The zero-order chi connectivity index (χ0) is 18.8. The molecule has 1 aliphatic heterocycles. The molecule has 1 saturated heterocycles. The molecule has 1 fully saturated rings. The van der Waals surface area contributed by atoms with Gasteiger partial charge in [0.05, 0.1) is 0 Å². The van der Waals surface area contributed by atoms with Gasteiger partial charge in [-0.05, 0) is 69.6 Å². The van der Waals surface area contributed by atoms with E-state index >= 15 is 0 Å². The lowest BCUT2D eigenvalue weighted by Crippen LogP contribution is -2.30. The molecule has 0 atom stereocenters. The van der Waals surface area contributed by atoms with Crippen LogP contribution in [0.5, 0.6) is 5.75 Å². The maximum Gasteiger partial charge on any atom is 0.573 e. The molecule has 3 N–H and O–H groups in total. The fraction of sp³-hybridized carbons (Fsp3) is 0.611. The third-order valence-electron chi connectivity index (χ3n) is 4.22. The molecule has 1 aromatic carbocycles. The number of aliphatic imine (C=N–C) groups is 1. The highest BCUT2D eigenvalue weighted by Crippen LogP contribution is 2.23. The molecule has 0 saturated carbocycles. The summed E-state index contributed by atoms with van der Waals surface area (Å²) in [7, 11) is 0. The molecule has 1 aromatic rings. The second kappa shape index (κ2) is 12.3. The number of benzene rings is 1. The minimum atomic E-state index is -4.69. The lowest BCUT2D eigenvalue weighted by molar-refractivity contribution is -0.274. The number of anilines is 1. The number of nitrogens with zero attached hydrogens (tertiary/aromatic N) is 2. The Hall–Kier alpha value is -1.23. The van der Waals surface area contributed by atoms with Crippen LogP contribution in [0.2, 0.25) is 0 Å². The summed E-state index contributed by atoms with van der Waals surface area (Å²) in [5.74, 6) is -0.0159. The van der Waals surface area contributed by atoms with Crippen LogP contribution in [0.15, 0.2) is 29.3 Å². The van der Waals surface area contributed by atoms with Gasteiger partial charge in [0.15, 0.2) is 5.96 Å². The number of guanidine groups is 1. The van der Waals surface area contributed by atoms with E-state index in [1.165, 1.54) is 63.0 Å². The summed E-state index contributed by atoms with van der Waals surface area (Å²) in [4.78, 5) is 6.77. The van der Waals surface area contributed by atoms with Crippen LogP contribution in [0.25, 0.3) is 0 Å². The van der Waals surface area contributed by atoms with Gasteiger partial charge in [0.1, 0.15) is 5.75 Å². The molecule has 0 spiro atoms. The van der Waals surface area contributed by atoms with E-state index in [9.17, 15) is 13.2 Å². The fourth-order valence-corrected chi connectivity index (χ4v) is 2.93. The van der Waals surface area contributed by atoms with Crippen molar-refractivity contribution in [1.82, 2.24) is 4.90 Å². The number of unbranched alkanes of at least 4 members (excludes halogenated alkanes) is 2. The second-order valence-corrected chi connectivity index (χ2v) is 6.43. The predicted molar refractivity (Wildman–Crippen MR) is 113 cm³/mol. The number of halogens is 4. The second-order valence-electron chi connectivity index (χ2n) is 6.43. The van der Waals surface area contributed by atoms with Gasteiger partial charge in [-0.1, -0.05) is 12.8 Å². The van der Waals surface area contributed by atoms with Gasteiger partial charge in [-0.15, -0.1) is 37.1 Å². The van der Waals surface area contributed by atoms with Crippen LogP contribution in [0, 0.1) is 0 Å². The Balaban J connectivity index is 0.00000364. The van der Waals surface area contributed by atoms with Crippen LogP contribution in [-0.4, -0.2) is 43.4 Å². The third kappa shape index (κ3) is 10.6. The first-order valence-electron chi connectivity index (χ1n) is 9.07. The van der Waals surface area contributed by atoms with Crippen molar-refractivity contribution in [1.29, 1.82) is 0 Å². The summed E-state index contributed by atoms with van der Waals surface area (Å²) in [5, 5.41) is 2.86. The van der Waals surface area contributed by atoms with E-state index in [2.05, 4.69) is 19.9 Å². The third-order valence-corrected chi connectivity index (χ3v) is 4.22. The van der Waals surface area contributed by atoms with Crippen molar-refractivity contribution in [2.45, 2.75) is 44.9 Å². The summed E-state index contributed by atoms with van der Waals surface area (Å²) in [6.07, 6.45) is 2.54. The Kier molecular flexibility index (Phi) is 10.8. The SMILES string of the molecule is I.NC(=NCCCCCN1CCCCC1)Nc1ccc(OC(F)(F)F)cc1. The Morgan fingerprint density at radius 1 is 1.07 bits per heavy atom. The van der Waals surface area contributed by atoms with Gasteiger partial charge in [-0.2, -0.15) is 0 Å². The highest BCUT2D eigenvalue weighted by molar-refractivity contribution is 14.0. The van der Waals surface area contributed by atoms with Gasteiger partial charge in [-0.3, -0.25) is 4.99 Å². The quantitative estimate of drug-likeness (QED) is 0.237. The molecule has 1 heterocycles. The standard InChI is InChI=1S/C18H27F3N4O.HI/c19-18(20,21)26-16-9-7-15(8-10-16)24-17(22)23-11-3-1-4-12-25-13-5-2-6-14-25;/h7-10H,1-6,11-14H2,(H3,22,23,24);1H. The van der Waals surface area contributed by atoms with E-state index in [1.54, 1.807) is 0 Å². The predicted octanol–water partition coefficient (Wildman–Crippen LogP) is 4.59. The lowest BCUT2D eigenvalue weighted by Gasteiger charge is -2.26. The van der Waals surface area contributed by atoms with Crippen LogP contribution >= 0.6 is 24.0 Å². The maximum atomic E-state index is 12.1. The summed E-state index contributed by atoms with van der Waals surface area (Å²) >= 11 is 0. The smallest absolute Gasteiger partial charge is 0.406 e. The van der Waals surface area contributed by atoms with Gasteiger partial charge >= 0.3 is 6.36 Å². The molecule has 0 amide bonds. The largest absolute Gasteiger partial charge is 0.573 e. The number of hydrogen-bond donors (Lipinski definition) is 2. The van der Waals surface area contributed by atoms with E-state index in [0.29, 0.717) is 12.2 Å². The minimum Gasteiger partial charge on any atom is -0.406 e. The first-order valence-corrected chi connectivity index (χ1v) is 9.07. The number of rotatable bonds is 8. The van der Waals surface area contributed by atoms with Crippen molar-refractivity contribution < 1.29 is 17.9 Å². The number of piperidine rings is 1. The number of likely N-dealkylation sites (tertiary alicyclic amines) is 1. The van der Waals surface area contributed by atoms with Crippen molar-refractivity contribution in [2.75, 3.05) is 31.5 Å². The van der Waals surface area contributed by atoms with Crippen LogP contribution in [-0.2, 0) is 0 Å². The lowest BCUT2D eigenvalue weighted by atomic mass is 10.1. The number of ether oxygens (including phenoxy) is 1. The van der Waals surface area contributed by atoms with Gasteiger partial charge in [-0.25, -0.2) is 0 Å². The topological polar surface area (TPSA) is 62.9 Å². The number of hydrogen-bond acceptors (Lipinski definition) is 3. The zero-order valence-electron chi connectivity index (χ0n) is 15.3. The van der Waals surface area contributed by atoms with Crippen molar-refractivity contribution in [2.24, 2.45) is 10.7 Å². The molecular formula is C18H28F3IN4O. The average molecular weight is 500 g/mol. The summed E-state index contributed by atoms with van der Waals surface area (Å²) < 4.78 is 40.1. The summed E-state index contributed by atoms with van der Waals surface area (Å²) in [6.45, 7) is 4.24. The Morgan fingerprint density at radius 2 is 1.74 bits per heavy atom. The molecule has 0 aliphatic carbocycles. The van der Waals surface area contributed by atoms with E-state index < -0.39 is 6.36 Å². The average Bonchev–Trinajstić information content (AvgIpc) is 2.59. The first kappa shape index (κ1) is 23.8. The van der Waals surface area contributed by atoms with Crippen LogP contribution in [0.3, 0.4) is 0 Å². The van der Waals surface area contributed by atoms with Crippen LogP contribution in [0.4, 0.5) is 18.9 Å². The van der Waals surface area contributed by atoms with Crippen molar-refractivity contribution in [3.05, 3.63) is 24.3 Å². The van der Waals surface area contributed by atoms with E-state index in [-0.39, 0.29) is 35.7 Å². The molecule has 1 aliphatic rings. The van der Waals surface area contributed by atoms with Gasteiger partial charge in [0.25, 0.3) is 0 Å². The summed E-state index contributed by atoms with van der Waals surface area (Å²) in [6, 6.07) is 5.37. The molecule has 5 nitrogen and oxygen atoms in total. The van der Waals surface area contributed by atoms with E-state index in [0.717, 1.165) is 19.4 Å². The van der Waals surface area contributed by atoms with Crippen molar-refractivity contribution in [3.63, 3.8) is 0 Å². The van der Waals surface area contributed by atoms with E-state index in [1.807, 2.05) is 0 Å². The van der Waals surface area contributed by atoms with Gasteiger partial charge in [0, 0.05) is 12.2 Å². The van der Waals surface area contributed by atoms with Crippen molar-refractivity contribution in [3.8, 4) is 5.75 Å². The molecule has 9 heteroatoms. The monoisotopic (exact) mass is 500 g/mol. The molecule has 2 rings (SSSR count). The number of alkyl halides is 3. The summed E-state index contributed by atoms with van der Waals surface area (Å²) in [5.41, 5.74) is 6.36. The zero-order valence-corrected chi connectivity index (χ0v) is 17.6. The Morgan fingerprint density at radius 3 is 2.37 bits per heavy atom. The highest BCUT2D eigenvalue weighted by Gasteiger charge is 2.30. The molecular weight excluding hydrogens is 472 g/mol. The fourth-order valence-electron chi connectivity index (χ4n) is 2.93. The van der Waals surface area contributed by atoms with Crippen molar-refractivity contribution >= 4 is 35.6 Å². The van der Waals surface area contributed by atoms with Gasteiger partial charge < -0.3 is 20.7 Å². The molecule has 154 valence electrons. The van der Waals surface area contributed by atoms with Crippen LogP contribution < -0.4 is 15.8 Å². The number of nitrogens with one attached hydrogen (secondary N) is 1. The molecule has 27 heavy (non-hydrogen) atoms. The normalized spacial score (nSPS) is 15.9. The number of nitrogens with two attached hydrogens (primary N) is 1. The Bertz CT molecular complexity index is 561. The first-order chi connectivity index (χ1) is 12.4. The minimum absolute atomic E-state index is 0. The van der Waals surface area contributed by atoms with Crippen LogP contribution in [0.1, 0.15) is 38.5 Å². The maximum absolute atomic E-state index is 12.1. The molecule has 0 bridgehead atoms. The Labute approximate surface area is 175 Å². The molecule has 0 unspecified atom stereocenters.